The molecule has 1 fully saturated rings. The van der Waals surface area contributed by atoms with E-state index in [1.165, 1.54) is 12.2 Å². The number of rotatable bonds is 5. The smallest absolute Gasteiger partial charge is 0.0297 e. The predicted octanol–water partition coefficient (Wildman–Crippen LogP) is 3.64. The summed E-state index contributed by atoms with van der Waals surface area (Å²) in [7, 11) is 0. The van der Waals surface area contributed by atoms with Crippen LogP contribution < -0.4 is 5.32 Å². The number of hydrogen-bond acceptors (Lipinski definition) is 3. The molecule has 4 atom stereocenters. The van der Waals surface area contributed by atoms with E-state index in [-0.39, 0.29) is 0 Å². The lowest BCUT2D eigenvalue weighted by Gasteiger charge is -2.38. The Hall–Kier alpha value is 0.660. The minimum atomic E-state index is 0.687. The summed E-state index contributed by atoms with van der Waals surface area (Å²) in [5.74, 6) is 2.06. The van der Waals surface area contributed by atoms with Crippen LogP contribution in [0, 0.1) is 5.92 Å². The summed E-state index contributed by atoms with van der Waals surface area (Å²) in [4.78, 5) is 0. The largest absolute Gasteiger partial charge is 0.313 e. The Labute approximate surface area is 110 Å². The third-order valence-electron chi connectivity index (χ3n) is 3.32. The minimum Gasteiger partial charge on any atom is -0.313 e. The molecule has 0 amide bonds. The van der Waals surface area contributed by atoms with Gasteiger partial charge in [-0.1, -0.05) is 34.6 Å². The zero-order valence-corrected chi connectivity index (χ0v) is 13.0. The summed E-state index contributed by atoms with van der Waals surface area (Å²) in [6.45, 7) is 12.9. The van der Waals surface area contributed by atoms with Gasteiger partial charge in [-0.2, -0.15) is 23.5 Å². The van der Waals surface area contributed by atoms with Gasteiger partial charge in [0.15, 0.2) is 0 Å². The van der Waals surface area contributed by atoms with E-state index in [2.05, 4.69) is 63.5 Å². The zero-order chi connectivity index (χ0) is 12.1. The van der Waals surface area contributed by atoms with E-state index in [1.54, 1.807) is 0 Å². The molecule has 96 valence electrons. The fourth-order valence-corrected chi connectivity index (χ4v) is 5.41. The fourth-order valence-electron chi connectivity index (χ4n) is 2.10. The lowest BCUT2D eigenvalue weighted by molar-refractivity contribution is 0.398. The first-order valence-corrected chi connectivity index (χ1v) is 8.55. The van der Waals surface area contributed by atoms with E-state index in [0.29, 0.717) is 6.04 Å². The molecule has 0 aliphatic carbocycles. The first-order valence-electron chi connectivity index (χ1n) is 6.56. The molecule has 1 nitrogen and oxygen atoms in total. The summed E-state index contributed by atoms with van der Waals surface area (Å²) >= 11 is 4.35. The fraction of sp³-hybridized carbons (Fsp3) is 1.00. The van der Waals surface area contributed by atoms with Gasteiger partial charge in [0.25, 0.3) is 0 Å². The summed E-state index contributed by atoms with van der Waals surface area (Å²) in [5, 5.41) is 6.15. The molecule has 0 saturated carbocycles. The van der Waals surface area contributed by atoms with Gasteiger partial charge in [-0.15, -0.1) is 0 Å². The summed E-state index contributed by atoms with van der Waals surface area (Å²) in [6.07, 6.45) is 1.24. The molecule has 0 aromatic rings. The van der Waals surface area contributed by atoms with Crippen LogP contribution in [0.2, 0.25) is 0 Å². The van der Waals surface area contributed by atoms with Crippen molar-refractivity contribution in [2.45, 2.75) is 62.8 Å². The van der Waals surface area contributed by atoms with Gasteiger partial charge < -0.3 is 5.32 Å². The molecule has 0 bridgehead atoms. The normalized spacial score (nSPS) is 33.0. The molecular formula is C13H27NS2. The second kappa shape index (κ2) is 7.17. The molecule has 0 aromatic heterocycles. The number of hydrogen-bond donors (Lipinski definition) is 1. The van der Waals surface area contributed by atoms with Crippen LogP contribution in [-0.2, 0) is 0 Å². The Morgan fingerprint density at radius 3 is 2.44 bits per heavy atom. The van der Waals surface area contributed by atoms with Crippen molar-refractivity contribution in [2.24, 2.45) is 5.92 Å². The Morgan fingerprint density at radius 2 is 1.94 bits per heavy atom. The van der Waals surface area contributed by atoms with Crippen molar-refractivity contribution in [2.75, 3.05) is 12.3 Å². The van der Waals surface area contributed by atoms with E-state index >= 15 is 0 Å². The van der Waals surface area contributed by atoms with Gasteiger partial charge in [0.2, 0.25) is 0 Å². The van der Waals surface area contributed by atoms with Crippen LogP contribution >= 0.6 is 23.5 Å². The molecular weight excluding hydrogens is 234 g/mol. The van der Waals surface area contributed by atoms with Crippen LogP contribution in [-0.4, -0.2) is 34.1 Å². The molecule has 1 rings (SSSR count). The standard InChI is InChI=1S/C13H27NS2/c1-6-7-14-13(9(2)3)12-8-15-10(4)11(5)16-12/h9-14H,6-8H2,1-5H3. The minimum absolute atomic E-state index is 0.687. The molecule has 1 heterocycles. The second-order valence-corrected chi connectivity index (χ2v) is 8.17. The van der Waals surface area contributed by atoms with Crippen LogP contribution in [0.15, 0.2) is 0 Å². The van der Waals surface area contributed by atoms with Crippen molar-refractivity contribution in [3.05, 3.63) is 0 Å². The predicted molar refractivity (Wildman–Crippen MR) is 79.7 cm³/mol. The molecule has 1 aliphatic rings. The van der Waals surface area contributed by atoms with Crippen molar-refractivity contribution in [3.8, 4) is 0 Å². The highest BCUT2D eigenvalue weighted by Crippen LogP contribution is 2.38. The number of nitrogens with one attached hydrogen (secondary N) is 1. The Bertz CT molecular complexity index is 196. The average Bonchev–Trinajstić information content (AvgIpc) is 2.23. The van der Waals surface area contributed by atoms with E-state index in [9.17, 15) is 0 Å². The van der Waals surface area contributed by atoms with Crippen molar-refractivity contribution in [1.29, 1.82) is 0 Å². The monoisotopic (exact) mass is 261 g/mol. The summed E-state index contributed by atoms with van der Waals surface area (Å²) in [6, 6.07) is 0.687. The summed E-state index contributed by atoms with van der Waals surface area (Å²) < 4.78 is 0. The van der Waals surface area contributed by atoms with Crippen molar-refractivity contribution in [1.82, 2.24) is 5.32 Å². The van der Waals surface area contributed by atoms with Crippen LogP contribution in [0.1, 0.15) is 41.0 Å². The van der Waals surface area contributed by atoms with E-state index in [4.69, 9.17) is 0 Å². The maximum atomic E-state index is 3.74. The SMILES string of the molecule is CCCNC(C(C)C)C1CSC(C)C(C)S1. The van der Waals surface area contributed by atoms with Gasteiger partial charge in [0, 0.05) is 27.5 Å². The molecule has 1 saturated heterocycles. The molecule has 3 heteroatoms. The third kappa shape index (κ3) is 4.15. The highest BCUT2D eigenvalue weighted by atomic mass is 32.2. The highest BCUT2D eigenvalue weighted by molar-refractivity contribution is 8.07. The van der Waals surface area contributed by atoms with Crippen molar-refractivity contribution >= 4 is 23.5 Å². The maximum absolute atomic E-state index is 3.74. The first-order chi connectivity index (χ1) is 7.56. The van der Waals surface area contributed by atoms with E-state index in [1.807, 2.05) is 0 Å². The van der Waals surface area contributed by atoms with Gasteiger partial charge in [-0.05, 0) is 18.9 Å². The molecule has 1 N–H and O–H groups in total. The first kappa shape index (κ1) is 14.7. The third-order valence-corrected chi connectivity index (χ3v) is 6.84. The van der Waals surface area contributed by atoms with Crippen LogP contribution in [0.25, 0.3) is 0 Å². The Kier molecular flexibility index (Phi) is 6.60. The van der Waals surface area contributed by atoms with Crippen molar-refractivity contribution < 1.29 is 0 Å². The molecule has 4 unspecified atom stereocenters. The Morgan fingerprint density at radius 1 is 1.25 bits per heavy atom. The lowest BCUT2D eigenvalue weighted by Crippen LogP contribution is -2.46. The van der Waals surface area contributed by atoms with Crippen LogP contribution in [0.4, 0.5) is 0 Å². The van der Waals surface area contributed by atoms with Gasteiger partial charge >= 0.3 is 0 Å². The van der Waals surface area contributed by atoms with E-state index < -0.39 is 0 Å². The van der Waals surface area contributed by atoms with Crippen LogP contribution in [0.5, 0.6) is 0 Å². The van der Waals surface area contributed by atoms with Gasteiger partial charge in [0.05, 0.1) is 0 Å². The van der Waals surface area contributed by atoms with Crippen LogP contribution in [0.3, 0.4) is 0 Å². The van der Waals surface area contributed by atoms with Gasteiger partial charge in [-0.3, -0.25) is 0 Å². The molecule has 0 aromatic carbocycles. The molecule has 0 spiro atoms. The Balaban J connectivity index is 2.51. The summed E-state index contributed by atoms with van der Waals surface area (Å²) in [5.41, 5.74) is 0. The quantitative estimate of drug-likeness (QED) is 0.811. The molecule has 1 aliphatic heterocycles. The zero-order valence-electron chi connectivity index (χ0n) is 11.3. The van der Waals surface area contributed by atoms with E-state index in [0.717, 1.165) is 28.2 Å². The number of thioether (sulfide) groups is 2. The molecule has 0 radical (unpaired) electrons. The lowest BCUT2D eigenvalue weighted by atomic mass is 10.0. The average molecular weight is 261 g/mol. The molecule has 16 heavy (non-hydrogen) atoms. The highest BCUT2D eigenvalue weighted by Gasteiger charge is 2.32. The van der Waals surface area contributed by atoms with Crippen molar-refractivity contribution in [3.63, 3.8) is 0 Å². The topological polar surface area (TPSA) is 12.0 Å². The second-order valence-electron chi connectivity index (χ2n) is 5.14. The van der Waals surface area contributed by atoms with Gasteiger partial charge in [0.1, 0.15) is 0 Å². The maximum Gasteiger partial charge on any atom is 0.0297 e. The van der Waals surface area contributed by atoms with Gasteiger partial charge in [-0.25, -0.2) is 0 Å².